The van der Waals surface area contributed by atoms with Gasteiger partial charge >= 0.3 is 0 Å². The van der Waals surface area contributed by atoms with Gasteiger partial charge < -0.3 is 15.2 Å². The predicted molar refractivity (Wildman–Crippen MR) is 73.4 cm³/mol. The molecule has 0 saturated heterocycles. The zero-order valence-electron chi connectivity index (χ0n) is 12.3. The summed E-state index contributed by atoms with van der Waals surface area (Å²) in [5.41, 5.74) is -0.508. The quantitative estimate of drug-likeness (QED) is 0.590. The minimum Gasteiger partial charge on any atom is -0.396 e. The summed E-state index contributed by atoms with van der Waals surface area (Å²) in [7, 11) is 0. The fourth-order valence-corrected chi connectivity index (χ4v) is 1.46. The van der Waals surface area contributed by atoms with Crippen LogP contribution in [0.4, 0.5) is 0 Å². The van der Waals surface area contributed by atoms with Gasteiger partial charge in [-0.05, 0) is 18.8 Å². The van der Waals surface area contributed by atoms with Gasteiger partial charge in [-0.3, -0.25) is 4.79 Å². The van der Waals surface area contributed by atoms with Crippen molar-refractivity contribution >= 4 is 5.91 Å². The summed E-state index contributed by atoms with van der Waals surface area (Å²) in [5, 5.41) is 11.7. The molecule has 0 spiro atoms. The number of nitrogens with one attached hydrogen (secondary N) is 1. The highest BCUT2D eigenvalue weighted by atomic mass is 16.5. The van der Waals surface area contributed by atoms with Crippen molar-refractivity contribution in [2.24, 2.45) is 11.3 Å². The van der Waals surface area contributed by atoms with Gasteiger partial charge in [0.15, 0.2) is 0 Å². The fourth-order valence-electron chi connectivity index (χ4n) is 1.46. The maximum absolute atomic E-state index is 11.8. The van der Waals surface area contributed by atoms with Crippen LogP contribution in [0.25, 0.3) is 0 Å². The standard InChI is InChI=1S/C14H29NO3/c1-5-12(2)6-10-18-11-8-15-13(17)14(3,4)7-9-16/h12,16H,5-11H2,1-4H3,(H,15,17). The summed E-state index contributed by atoms with van der Waals surface area (Å²) in [6.07, 6.45) is 2.73. The Bertz CT molecular complexity index is 229. The number of ether oxygens (including phenoxy) is 1. The van der Waals surface area contributed by atoms with Gasteiger partial charge in [-0.25, -0.2) is 0 Å². The van der Waals surface area contributed by atoms with Crippen LogP contribution in [0.5, 0.6) is 0 Å². The van der Waals surface area contributed by atoms with Gasteiger partial charge in [0, 0.05) is 25.2 Å². The molecule has 1 unspecified atom stereocenters. The second-order valence-corrected chi connectivity index (χ2v) is 5.53. The van der Waals surface area contributed by atoms with Crippen molar-refractivity contribution in [3.05, 3.63) is 0 Å². The molecule has 0 aliphatic heterocycles. The third-order valence-corrected chi connectivity index (χ3v) is 3.34. The third-order valence-electron chi connectivity index (χ3n) is 3.34. The predicted octanol–water partition coefficient (Wildman–Crippen LogP) is 1.96. The van der Waals surface area contributed by atoms with Crippen LogP contribution in [-0.2, 0) is 9.53 Å². The van der Waals surface area contributed by atoms with E-state index < -0.39 is 5.41 Å². The minimum atomic E-state index is -0.508. The SMILES string of the molecule is CCC(C)CCOCCNC(=O)C(C)(C)CCO. The average molecular weight is 259 g/mol. The Morgan fingerprint density at radius 1 is 1.39 bits per heavy atom. The van der Waals surface area contributed by atoms with E-state index in [1.807, 2.05) is 13.8 Å². The molecule has 0 aromatic carbocycles. The molecule has 0 aliphatic carbocycles. The van der Waals surface area contributed by atoms with Crippen molar-refractivity contribution in [2.75, 3.05) is 26.4 Å². The molecular weight excluding hydrogens is 230 g/mol. The Labute approximate surface area is 111 Å². The maximum atomic E-state index is 11.8. The van der Waals surface area contributed by atoms with Crippen molar-refractivity contribution in [2.45, 2.75) is 47.0 Å². The molecule has 18 heavy (non-hydrogen) atoms. The van der Waals surface area contributed by atoms with Gasteiger partial charge in [0.05, 0.1) is 6.61 Å². The second-order valence-electron chi connectivity index (χ2n) is 5.53. The first-order valence-electron chi connectivity index (χ1n) is 6.91. The van der Waals surface area contributed by atoms with Crippen LogP contribution in [0, 0.1) is 11.3 Å². The van der Waals surface area contributed by atoms with Crippen LogP contribution in [0.3, 0.4) is 0 Å². The summed E-state index contributed by atoms with van der Waals surface area (Å²) in [6, 6.07) is 0. The number of aliphatic hydroxyl groups excluding tert-OH is 1. The van der Waals surface area contributed by atoms with Gasteiger partial charge in [0.2, 0.25) is 5.91 Å². The number of carbonyl (C=O) groups is 1. The van der Waals surface area contributed by atoms with E-state index in [2.05, 4.69) is 19.2 Å². The van der Waals surface area contributed by atoms with Gasteiger partial charge in [0.25, 0.3) is 0 Å². The molecule has 0 bridgehead atoms. The van der Waals surface area contributed by atoms with Gasteiger partial charge in [-0.1, -0.05) is 34.1 Å². The third kappa shape index (κ3) is 7.67. The van der Waals surface area contributed by atoms with E-state index in [9.17, 15) is 4.79 Å². The van der Waals surface area contributed by atoms with E-state index in [-0.39, 0.29) is 12.5 Å². The Hall–Kier alpha value is -0.610. The first-order chi connectivity index (χ1) is 8.44. The Morgan fingerprint density at radius 2 is 2.06 bits per heavy atom. The van der Waals surface area contributed by atoms with Gasteiger partial charge in [-0.15, -0.1) is 0 Å². The summed E-state index contributed by atoms with van der Waals surface area (Å²) in [4.78, 5) is 11.8. The zero-order chi connectivity index (χ0) is 14.0. The molecule has 1 atom stereocenters. The monoisotopic (exact) mass is 259 g/mol. The molecule has 108 valence electrons. The maximum Gasteiger partial charge on any atom is 0.225 e. The second kappa shape index (κ2) is 9.34. The van der Waals surface area contributed by atoms with E-state index in [0.29, 0.717) is 25.5 Å². The lowest BCUT2D eigenvalue weighted by molar-refractivity contribution is -0.130. The average Bonchev–Trinajstić information content (AvgIpc) is 2.32. The van der Waals surface area contributed by atoms with E-state index in [0.717, 1.165) is 13.0 Å². The van der Waals surface area contributed by atoms with Crippen LogP contribution in [0.2, 0.25) is 0 Å². The molecule has 0 rings (SSSR count). The summed E-state index contributed by atoms with van der Waals surface area (Å²) in [6.45, 7) is 9.93. The Balaban J connectivity index is 3.57. The number of carbonyl (C=O) groups excluding carboxylic acids is 1. The van der Waals surface area contributed by atoms with Gasteiger partial charge in [0.1, 0.15) is 0 Å². The van der Waals surface area contributed by atoms with E-state index in [4.69, 9.17) is 9.84 Å². The molecular formula is C14H29NO3. The molecule has 0 aromatic heterocycles. The van der Waals surface area contributed by atoms with E-state index in [1.165, 1.54) is 6.42 Å². The fraction of sp³-hybridized carbons (Fsp3) is 0.929. The molecule has 0 saturated carbocycles. The number of amides is 1. The smallest absolute Gasteiger partial charge is 0.225 e. The first kappa shape index (κ1) is 17.4. The largest absolute Gasteiger partial charge is 0.396 e. The Kier molecular flexibility index (Phi) is 9.02. The highest BCUT2D eigenvalue weighted by molar-refractivity contribution is 5.81. The summed E-state index contributed by atoms with van der Waals surface area (Å²) in [5.74, 6) is 0.671. The number of aliphatic hydroxyl groups is 1. The number of rotatable bonds is 10. The molecule has 4 nitrogen and oxygen atoms in total. The highest BCUT2D eigenvalue weighted by Crippen LogP contribution is 2.19. The number of hydrogen-bond donors (Lipinski definition) is 2. The van der Waals surface area contributed by atoms with Crippen molar-refractivity contribution in [3.63, 3.8) is 0 Å². The van der Waals surface area contributed by atoms with Crippen LogP contribution in [0.15, 0.2) is 0 Å². The zero-order valence-corrected chi connectivity index (χ0v) is 12.3. The van der Waals surface area contributed by atoms with Crippen LogP contribution < -0.4 is 5.32 Å². The normalized spacial score (nSPS) is 13.4. The molecule has 1 amide bonds. The highest BCUT2D eigenvalue weighted by Gasteiger charge is 2.26. The van der Waals surface area contributed by atoms with E-state index >= 15 is 0 Å². The van der Waals surface area contributed by atoms with Crippen molar-refractivity contribution in [1.82, 2.24) is 5.32 Å². The molecule has 0 heterocycles. The summed E-state index contributed by atoms with van der Waals surface area (Å²) < 4.78 is 5.47. The topological polar surface area (TPSA) is 58.6 Å². The molecule has 0 aliphatic rings. The van der Waals surface area contributed by atoms with Gasteiger partial charge in [-0.2, -0.15) is 0 Å². The molecule has 4 heteroatoms. The molecule has 0 aromatic rings. The van der Waals surface area contributed by atoms with Crippen molar-refractivity contribution in [1.29, 1.82) is 0 Å². The first-order valence-corrected chi connectivity index (χ1v) is 6.91. The Morgan fingerprint density at radius 3 is 2.61 bits per heavy atom. The number of hydrogen-bond acceptors (Lipinski definition) is 3. The van der Waals surface area contributed by atoms with Crippen LogP contribution in [-0.4, -0.2) is 37.4 Å². The molecule has 2 N–H and O–H groups in total. The van der Waals surface area contributed by atoms with Crippen LogP contribution >= 0.6 is 0 Å². The lowest BCUT2D eigenvalue weighted by Gasteiger charge is -2.22. The lowest BCUT2D eigenvalue weighted by atomic mass is 9.89. The van der Waals surface area contributed by atoms with Crippen molar-refractivity contribution < 1.29 is 14.6 Å². The van der Waals surface area contributed by atoms with Crippen molar-refractivity contribution in [3.8, 4) is 0 Å². The molecule has 0 radical (unpaired) electrons. The van der Waals surface area contributed by atoms with E-state index in [1.54, 1.807) is 0 Å². The minimum absolute atomic E-state index is 0.0259. The molecule has 0 fully saturated rings. The summed E-state index contributed by atoms with van der Waals surface area (Å²) >= 11 is 0. The lowest BCUT2D eigenvalue weighted by Crippen LogP contribution is -2.39. The van der Waals surface area contributed by atoms with Crippen LogP contribution in [0.1, 0.15) is 47.0 Å².